The van der Waals surface area contributed by atoms with Crippen LogP contribution in [0.1, 0.15) is 17.3 Å². The molecule has 0 radical (unpaired) electrons. The second-order valence-corrected chi connectivity index (χ2v) is 2.43. The zero-order chi connectivity index (χ0) is 10.3. The number of primary amides is 1. The predicted octanol–water partition coefficient (Wildman–Crippen LogP) is 0.666. The fraction of sp³-hybridized carbons (Fsp3) is 0.100. The van der Waals surface area contributed by atoms with E-state index in [0.29, 0.717) is 5.56 Å². The highest BCUT2D eigenvalue weighted by Crippen LogP contribution is 1.94. The summed E-state index contributed by atoms with van der Waals surface area (Å²) in [5.74, 6) is -0.462. The van der Waals surface area contributed by atoms with Gasteiger partial charge >= 0.3 is 0 Å². The minimum Gasteiger partial charge on any atom is -0.876 e. The highest BCUT2D eigenvalue weighted by molar-refractivity contribution is 5.92. The Morgan fingerprint density at radius 2 is 1.77 bits per heavy atom. The Balaban J connectivity index is 0.000000310. The highest BCUT2D eigenvalue weighted by atomic mass is 16.3. The summed E-state index contributed by atoms with van der Waals surface area (Å²) in [6, 6.07) is 8.76. The lowest BCUT2D eigenvalue weighted by Crippen LogP contribution is -2.09. The molecule has 0 saturated heterocycles. The van der Waals surface area contributed by atoms with E-state index in [-0.39, 0.29) is 11.7 Å². The van der Waals surface area contributed by atoms with Crippen LogP contribution in [-0.2, 0) is 0 Å². The summed E-state index contributed by atoms with van der Waals surface area (Å²) in [6.07, 6.45) is 0. The lowest BCUT2D eigenvalue weighted by Gasteiger charge is -1.92. The number of hydrogen-bond donors (Lipinski definition) is 1. The Kier molecular flexibility index (Phi) is 5.03. The summed E-state index contributed by atoms with van der Waals surface area (Å²) in [4.78, 5) is 10.4. The van der Waals surface area contributed by atoms with Crippen molar-refractivity contribution >= 4 is 5.91 Å². The predicted molar refractivity (Wildman–Crippen MR) is 49.8 cm³/mol. The Hall–Kier alpha value is -1.77. The van der Waals surface area contributed by atoms with E-state index in [2.05, 4.69) is 6.58 Å². The third-order valence-corrected chi connectivity index (χ3v) is 1.06. The van der Waals surface area contributed by atoms with Crippen LogP contribution >= 0.6 is 0 Å². The molecule has 13 heavy (non-hydrogen) atoms. The lowest BCUT2D eigenvalue weighted by molar-refractivity contribution is -0.300. The summed E-state index contributed by atoms with van der Waals surface area (Å²) >= 11 is 0. The van der Waals surface area contributed by atoms with Crippen molar-refractivity contribution < 1.29 is 9.90 Å². The summed E-state index contributed by atoms with van der Waals surface area (Å²) in [5.41, 5.74) is 5.53. The van der Waals surface area contributed by atoms with Crippen LogP contribution in [0.5, 0.6) is 0 Å². The number of nitrogens with two attached hydrogens (primary N) is 1. The molecule has 0 aliphatic carbocycles. The van der Waals surface area contributed by atoms with Crippen LogP contribution in [0, 0.1) is 0 Å². The molecule has 0 aliphatic rings. The number of carbonyl (C=O) groups excluding carboxylic acids is 1. The van der Waals surface area contributed by atoms with Crippen molar-refractivity contribution in [2.75, 3.05) is 0 Å². The molecule has 0 unspecified atom stereocenters. The topological polar surface area (TPSA) is 66.2 Å². The van der Waals surface area contributed by atoms with Gasteiger partial charge in [0, 0.05) is 5.56 Å². The third-order valence-electron chi connectivity index (χ3n) is 1.06. The number of hydrogen-bond acceptors (Lipinski definition) is 2. The van der Waals surface area contributed by atoms with Gasteiger partial charge in [0.1, 0.15) is 0 Å². The monoisotopic (exact) mass is 178 g/mol. The minimum atomic E-state index is -0.379. The first-order valence-corrected chi connectivity index (χ1v) is 3.71. The largest absolute Gasteiger partial charge is 0.876 e. The molecule has 0 fully saturated rings. The molecule has 0 heterocycles. The molecule has 0 bridgehead atoms. The quantitative estimate of drug-likeness (QED) is 0.642. The smallest absolute Gasteiger partial charge is 0.248 e. The molecular weight excluding hydrogens is 166 g/mol. The summed E-state index contributed by atoms with van der Waals surface area (Å²) < 4.78 is 0. The van der Waals surface area contributed by atoms with E-state index in [9.17, 15) is 9.90 Å². The van der Waals surface area contributed by atoms with Crippen LogP contribution in [0.15, 0.2) is 42.7 Å². The van der Waals surface area contributed by atoms with E-state index in [1.807, 2.05) is 6.07 Å². The fourth-order valence-corrected chi connectivity index (χ4v) is 0.602. The summed E-state index contributed by atoms with van der Waals surface area (Å²) in [7, 11) is 0. The molecule has 1 rings (SSSR count). The number of rotatable bonds is 1. The molecule has 0 atom stereocenters. The van der Waals surface area contributed by atoms with Crippen molar-refractivity contribution in [3.8, 4) is 0 Å². The molecule has 3 nitrogen and oxygen atoms in total. The molecule has 3 heteroatoms. The number of carbonyl (C=O) groups is 1. The standard InChI is InChI=1S/C7H7NO.C3H6O/c8-7(9)6-4-2-1-3-5-6;1-3(2)4/h1-5H,(H2,8,9);4H,1H2,2H3/p-1. The average Bonchev–Trinajstić information content (AvgIpc) is 2.05. The van der Waals surface area contributed by atoms with Gasteiger partial charge in [-0.15, -0.1) is 12.3 Å². The van der Waals surface area contributed by atoms with Crippen LogP contribution < -0.4 is 10.8 Å². The van der Waals surface area contributed by atoms with E-state index in [1.165, 1.54) is 6.92 Å². The number of allylic oxidation sites excluding steroid dienone is 1. The average molecular weight is 178 g/mol. The first-order chi connectivity index (χ1) is 6.04. The molecule has 0 saturated carbocycles. The van der Waals surface area contributed by atoms with Gasteiger partial charge in [-0.3, -0.25) is 4.79 Å². The molecule has 1 aromatic carbocycles. The molecular formula is C10H12NO2-. The fourth-order valence-electron chi connectivity index (χ4n) is 0.602. The van der Waals surface area contributed by atoms with Gasteiger partial charge in [0.25, 0.3) is 0 Å². The summed E-state index contributed by atoms with van der Waals surface area (Å²) in [6.45, 7) is 4.42. The van der Waals surface area contributed by atoms with Gasteiger partial charge in [0.05, 0.1) is 0 Å². The molecule has 2 N–H and O–H groups in total. The van der Waals surface area contributed by atoms with Crippen molar-refractivity contribution in [3.63, 3.8) is 0 Å². The van der Waals surface area contributed by atoms with Crippen LogP contribution in [0.2, 0.25) is 0 Å². The number of benzene rings is 1. The Morgan fingerprint density at radius 1 is 1.38 bits per heavy atom. The van der Waals surface area contributed by atoms with Gasteiger partial charge in [-0.25, -0.2) is 0 Å². The van der Waals surface area contributed by atoms with Crippen LogP contribution in [0.25, 0.3) is 0 Å². The van der Waals surface area contributed by atoms with Crippen molar-refractivity contribution in [3.05, 3.63) is 48.2 Å². The Morgan fingerprint density at radius 3 is 2.00 bits per heavy atom. The van der Waals surface area contributed by atoms with Gasteiger partial charge < -0.3 is 10.8 Å². The van der Waals surface area contributed by atoms with Crippen LogP contribution in [0.3, 0.4) is 0 Å². The first kappa shape index (κ1) is 11.2. The van der Waals surface area contributed by atoms with E-state index in [4.69, 9.17) is 5.73 Å². The van der Waals surface area contributed by atoms with Crippen LogP contribution in [-0.4, -0.2) is 5.91 Å². The van der Waals surface area contributed by atoms with Crippen LogP contribution in [0.4, 0.5) is 0 Å². The van der Waals surface area contributed by atoms with E-state index >= 15 is 0 Å². The third kappa shape index (κ3) is 6.62. The minimum absolute atomic E-state index is 0.0833. The van der Waals surface area contributed by atoms with Gasteiger partial charge in [0.2, 0.25) is 5.91 Å². The maximum Gasteiger partial charge on any atom is 0.248 e. The maximum atomic E-state index is 10.4. The molecule has 1 aromatic rings. The normalized spacial score (nSPS) is 8.08. The van der Waals surface area contributed by atoms with Crippen molar-refractivity contribution in [2.24, 2.45) is 5.73 Å². The molecule has 0 aromatic heterocycles. The van der Waals surface area contributed by atoms with E-state index < -0.39 is 0 Å². The SMILES string of the molecule is C=C(C)[O-].NC(=O)c1ccccc1. The second kappa shape index (κ2) is 5.83. The Bertz CT molecular complexity index is 276. The van der Waals surface area contributed by atoms with Crippen molar-refractivity contribution in [1.82, 2.24) is 0 Å². The van der Waals surface area contributed by atoms with Gasteiger partial charge in [-0.2, -0.15) is 0 Å². The second-order valence-electron chi connectivity index (χ2n) is 2.43. The molecule has 1 amide bonds. The molecule has 0 aliphatic heterocycles. The zero-order valence-electron chi connectivity index (χ0n) is 7.49. The van der Waals surface area contributed by atoms with Crippen molar-refractivity contribution in [1.29, 1.82) is 0 Å². The Labute approximate surface area is 77.5 Å². The van der Waals surface area contributed by atoms with E-state index in [0.717, 1.165) is 0 Å². The summed E-state index contributed by atoms with van der Waals surface area (Å²) in [5, 5.41) is 9.33. The lowest BCUT2D eigenvalue weighted by atomic mass is 10.2. The molecule has 0 spiro atoms. The van der Waals surface area contributed by atoms with Crippen molar-refractivity contribution in [2.45, 2.75) is 6.92 Å². The first-order valence-electron chi connectivity index (χ1n) is 3.71. The van der Waals surface area contributed by atoms with Gasteiger partial charge in [-0.1, -0.05) is 25.1 Å². The highest BCUT2D eigenvalue weighted by Gasteiger charge is 1.93. The number of amides is 1. The zero-order valence-corrected chi connectivity index (χ0v) is 7.49. The van der Waals surface area contributed by atoms with Gasteiger partial charge in [-0.05, 0) is 12.1 Å². The molecule has 70 valence electrons. The van der Waals surface area contributed by atoms with Gasteiger partial charge in [0.15, 0.2) is 0 Å². The van der Waals surface area contributed by atoms with E-state index in [1.54, 1.807) is 24.3 Å². The maximum absolute atomic E-state index is 10.4.